The minimum Gasteiger partial charge on any atom is -0.496 e. The second-order valence-electron chi connectivity index (χ2n) is 6.25. The summed E-state index contributed by atoms with van der Waals surface area (Å²) >= 11 is 0. The average Bonchev–Trinajstić information content (AvgIpc) is 2.60. The van der Waals surface area contributed by atoms with Crippen molar-refractivity contribution in [2.24, 2.45) is 5.92 Å². The number of carboxylic acid groups (broad SMARTS) is 1. The van der Waals surface area contributed by atoms with Gasteiger partial charge in [0.05, 0.1) is 7.11 Å². The van der Waals surface area contributed by atoms with Gasteiger partial charge in [0.1, 0.15) is 5.75 Å². The van der Waals surface area contributed by atoms with Crippen molar-refractivity contribution in [1.29, 1.82) is 0 Å². The van der Waals surface area contributed by atoms with E-state index in [2.05, 4.69) is 0 Å². The molecule has 1 aromatic carbocycles. The number of ether oxygens (including phenoxy) is 1. The summed E-state index contributed by atoms with van der Waals surface area (Å²) in [7, 11) is 1.62. The maximum atomic E-state index is 12.6. The first kappa shape index (κ1) is 18.0. The summed E-state index contributed by atoms with van der Waals surface area (Å²) in [5.74, 6) is 0.236. The number of nitrogens with zero attached hydrogens (tertiary/aromatic N) is 1. The topological polar surface area (TPSA) is 66.8 Å². The molecule has 1 aromatic rings. The number of piperidine rings is 1. The van der Waals surface area contributed by atoms with Gasteiger partial charge in [-0.25, -0.2) is 0 Å². The van der Waals surface area contributed by atoms with Gasteiger partial charge in [-0.3, -0.25) is 9.59 Å². The van der Waals surface area contributed by atoms with E-state index in [9.17, 15) is 9.59 Å². The van der Waals surface area contributed by atoms with Crippen molar-refractivity contribution in [2.75, 3.05) is 20.2 Å². The van der Waals surface area contributed by atoms with E-state index in [1.165, 1.54) is 0 Å². The summed E-state index contributed by atoms with van der Waals surface area (Å²) < 4.78 is 5.34. The van der Waals surface area contributed by atoms with Crippen LogP contribution in [0.5, 0.6) is 5.75 Å². The Morgan fingerprint density at radius 1 is 1.38 bits per heavy atom. The number of hydrogen-bond acceptors (Lipinski definition) is 3. The smallest absolute Gasteiger partial charge is 0.303 e. The van der Waals surface area contributed by atoms with Crippen molar-refractivity contribution in [2.45, 2.75) is 32.6 Å². The Hall–Kier alpha value is -2.30. The molecule has 0 saturated carbocycles. The van der Waals surface area contributed by atoms with Gasteiger partial charge >= 0.3 is 5.97 Å². The molecule has 1 saturated heterocycles. The predicted octanol–water partition coefficient (Wildman–Crippen LogP) is 3.20. The van der Waals surface area contributed by atoms with Gasteiger partial charge in [-0.15, -0.1) is 0 Å². The Morgan fingerprint density at radius 2 is 2.12 bits per heavy atom. The van der Waals surface area contributed by atoms with E-state index in [4.69, 9.17) is 9.84 Å². The van der Waals surface area contributed by atoms with Crippen LogP contribution in [-0.4, -0.2) is 42.1 Å². The van der Waals surface area contributed by atoms with E-state index in [1.807, 2.05) is 36.1 Å². The molecule has 0 aromatic heterocycles. The third-order valence-corrected chi connectivity index (χ3v) is 4.47. The lowest BCUT2D eigenvalue weighted by Crippen LogP contribution is -2.39. The minimum atomic E-state index is -0.773. The first-order chi connectivity index (χ1) is 11.5. The second kappa shape index (κ2) is 8.52. The third-order valence-electron chi connectivity index (χ3n) is 4.47. The monoisotopic (exact) mass is 331 g/mol. The molecule has 5 nitrogen and oxygen atoms in total. The van der Waals surface area contributed by atoms with E-state index in [1.54, 1.807) is 13.2 Å². The summed E-state index contributed by atoms with van der Waals surface area (Å²) in [6.07, 6.45) is 4.37. The zero-order valence-electron chi connectivity index (χ0n) is 14.3. The van der Waals surface area contributed by atoms with Crippen LogP contribution in [0.3, 0.4) is 0 Å². The van der Waals surface area contributed by atoms with E-state index < -0.39 is 5.97 Å². The first-order valence-corrected chi connectivity index (χ1v) is 8.33. The van der Waals surface area contributed by atoms with Crippen LogP contribution in [0.25, 0.3) is 5.57 Å². The fraction of sp³-hybridized carbons (Fsp3) is 0.474. The van der Waals surface area contributed by atoms with Gasteiger partial charge in [0, 0.05) is 31.1 Å². The normalized spacial score (nSPS) is 18.3. The molecule has 1 amide bonds. The first-order valence-electron chi connectivity index (χ1n) is 8.33. The molecule has 1 aliphatic rings. The Morgan fingerprint density at radius 3 is 2.83 bits per heavy atom. The Bertz CT molecular complexity index is 624. The van der Waals surface area contributed by atoms with Crippen molar-refractivity contribution in [3.8, 4) is 5.75 Å². The molecule has 1 fully saturated rings. The largest absolute Gasteiger partial charge is 0.496 e. The molecule has 1 N–H and O–H groups in total. The van der Waals surface area contributed by atoms with Crippen LogP contribution in [0.15, 0.2) is 30.3 Å². The molecule has 130 valence electrons. The fourth-order valence-electron chi connectivity index (χ4n) is 3.15. The maximum absolute atomic E-state index is 12.6. The van der Waals surface area contributed by atoms with E-state index in [0.29, 0.717) is 13.0 Å². The highest BCUT2D eigenvalue weighted by atomic mass is 16.5. The fourth-order valence-corrected chi connectivity index (χ4v) is 3.15. The van der Waals surface area contributed by atoms with Gasteiger partial charge in [-0.2, -0.15) is 0 Å². The van der Waals surface area contributed by atoms with Crippen molar-refractivity contribution in [3.05, 3.63) is 35.9 Å². The summed E-state index contributed by atoms with van der Waals surface area (Å²) in [6, 6.07) is 7.63. The maximum Gasteiger partial charge on any atom is 0.303 e. The third kappa shape index (κ3) is 4.85. The number of rotatable bonds is 6. The van der Waals surface area contributed by atoms with Gasteiger partial charge in [0.2, 0.25) is 5.91 Å². The van der Waals surface area contributed by atoms with Crippen LogP contribution in [-0.2, 0) is 9.59 Å². The summed E-state index contributed by atoms with van der Waals surface area (Å²) in [5.41, 5.74) is 1.78. The molecule has 24 heavy (non-hydrogen) atoms. The number of aliphatic carboxylic acids is 1. The number of para-hydroxylation sites is 1. The molecule has 5 heteroatoms. The highest BCUT2D eigenvalue weighted by Gasteiger charge is 2.23. The second-order valence-corrected chi connectivity index (χ2v) is 6.25. The lowest BCUT2D eigenvalue weighted by Gasteiger charge is -2.32. The van der Waals surface area contributed by atoms with Crippen molar-refractivity contribution >= 4 is 17.4 Å². The van der Waals surface area contributed by atoms with Crippen LogP contribution >= 0.6 is 0 Å². The Balaban J connectivity index is 2.03. The number of carbonyl (C=O) groups is 2. The van der Waals surface area contributed by atoms with Crippen LogP contribution in [0.1, 0.15) is 38.2 Å². The SMILES string of the molecule is COc1ccccc1/C(C)=C/C(=O)N1CCCC(CCC(=O)O)C1. The molecule has 0 aliphatic carbocycles. The Kier molecular flexibility index (Phi) is 6.41. The zero-order chi connectivity index (χ0) is 17.5. The molecule has 2 rings (SSSR count). The van der Waals surface area contributed by atoms with Gasteiger partial charge in [0.15, 0.2) is 0 Å². The highest BCUT2D eigenvalue weighted by Crippen LogP contribution is 2.26. The van der Waals surface area contributed by atoms with Gasteiger partial charge in [0.25, 0.3) is 0 Å². The standard InChI is InChI=1S/C19H25NO4/c1-14(16-7-3-4-8-17(16)24-2)12-18(21)20-11-5-6-15(13-20)9-10-19(22)23/h3-4,7-8,12,15H,5-6,9-11,13H2,1-2H3,(H,22,23)/b14-12+. The van der Waals surface area contributed by atoms with Crippen LogP contribution in [0, 0.1) is 5.92 Å². The molecule has 1 aliphatic heterocycles. The van der Waals surface area contributed by atoms with E-state index in [0.717, 1.165) is 36.3 Å². The number of hydrogen-bond donors (Lipinski definition) is 1. The van der Waals surface area contributed by atoms with E-state index >= 15 is 0 Å². The number of amides is 1. The van der Waals surface area contributed by atoms with E-state index in [-0.39, 0.29) is 18.2 Å². The molecule has 1 atom stereocenters. The number of carbonyl (C=O) groups excluding carboxylic acids is 1. The molecule has 1 heterocycles. The number of benzene rings is 1. The van der Waals surface area contributed by atoms with Crippen LogP contribution in [0.4, 0.5) is 0 Å². The number of allylic oxidation sites excluding steroid dienone is 1. The number of methoxy groups -OCH3 is 1. The number of carboxylic acids is 1. The summed E-state index contributed by atoms with van der Waals surface area (Å²) in [6.45, 7) is 3.28. The molecule has 0 bridgehead atoms. The lowest BCUT2D eigenvalue weighted by molar-refractivity contribution is -0.137. The molecule has 0 spiro atoms. The quantitative estimate of drug-likeness (QED) is 0.813. The highest BCUT2D eigenvalue weighted by molar-refractivity contribution is 5.95. The molecular formula is C19H25NO4. The molecular weight excluding hydrogens is 306 g/mol. The molecule has 1 unspecified atom stereocenters. The van der Waals surface area contributed by atoms with Gasteiger partial charge < -0.3 is 14.7 Å². The Labute approximate surface area is 142 Å². The molecule has 0 radical (unpaired) electrons. The average molecular weight is 331 g/mol. The minimum absolute atomic E-state index is 0.0153. The summed E-state index contributed by atoms with van der Waals surface area (Å²) in [4.78, 5) is 25.1. The predicted molar refractivity (Wildman–Crippen MR) is 92.8 cm³/mol. The zero-order valence-corrected chi connectivity index (χ0v) is 14.3. The number of likely N-dealkylation sites (tertiary alicyclic amines) is 1. The van der Waals surface area contributed by atoms with Crippen LogP contribution < -0.4 is 4.74 Å². The van der Waals surface area contributed by atoms with Crippen molar-refractivity contribution in [1.82, 2.24) is 4.90 Å². The van der Waals surface area contributed by atoms with Gasteiger partial charge in [-0.05, 0) is 43.7 Å². The van der Waals surface area contributed by atoms with Gasteiger partial charge in [-0.1, -0.05) is 18.2 Å². The van der Waals surface area contributed by atoms with Crippen molar-refractivity contribution < 1.29 is 19.4 Å². The lowest BCUT2D eigenvalue weighted by atomic mass is 9.93. The van der Waals surface area contributed by atoms with Crippen molar-refractivity contribution in [3.63, 3.8) is 0 Å². The van der Waals surface area contributed by atoms with Crippen LogP contribution in [0.2, 0.25) is 0 Å². The summed E-state index contributed by atoms with van der Waals surface area (Å²) in [5, 5.41) is 8.81.